The fourth-order valence-corrected chi connectivity index (χ4v) is 5.90. The lowest BCUT2D eigenvalue weighted by molar-refractivity contribution is -0.137. The van der Waals surface area contributed by atoms with E-state index in [2.05, 4.69) is 15.3 Å². The van der Waals surface area contributed by atoms with Gasteiger partial charge in [0.25, 0.3) is 0 Å². The number of rotatable bonds is 2. The minimum Gasteiger partial charge on any atom is -0.353 e. The monoisotopic (exact) mass is 481 g/mol. The Balaban J connectivity index is 1.77. The number of hydrogen-bond donors (Lipinski definition) is 1. The molecule has 1 N–H and O–H groups in total. The van der Waals surface area contributed by atoms with Crippen molar-refractivity contribution in [3.63, 3.8) is 0 Å². The highest BCUT2D eigenvalue weighted by molar-refractivity contribution is 7.99. The smallest absolute Gasteiger partial charge is 0.353 e. The Kier molecular flexibility index (Phi) is 5.55. The lowest BCUT2D eigenvalue weighted by atomic mass is 10.1. The van der Waals surface area contributed by atoms with Gasteiger partial charge in [0.15, 0.2) is 0 Å². The Hall–Kier alpha value is -2.30. The van der Waals surface area contributed by atoms with Crippen molar-refractivity contribution < 1.29 is 13.2 Å². The SMILES string of the molecule is O=c1nc(N2CCNCC2)c2cc(C(F)(F)F)c(Cl)c3c2n1C[C@H](c1ccccn1)CS3. The summed E-state index contributed by atoms with van der Waals surface area (Å²) >= 11 is 7.55. The van der Waals surface area contributed by atoms with E-state index in [1.165, 1.54) is 16.3 Å². The molecule has 168 valence electrons. The van der Waals surface area contributed by atoms with Crippen LogP contribution in [0, 0.1) is 0 Å². The fourth-order valence-electron chi connectivity index (χ4n) is 4.25. The number of nitrogens with zero attached hydrogens (tertiary/aromatic N) is 4. The van der Waals surface area contributed by atoms with Crippen LogP contribution in [0.25, 0.3) is 10.9 Å². The largest absolute Gasteiger partial charge is 0.417 e. The first-order valence-electron chi connectivity index (χ1n) is 10.2. The quantitative estimate of drug-likeness (QED) is 0.601. The zero-order valence-electron chi connectivity index (χ0n) is 16.8. The van der Waals surface area contributed by atoms with Crippen molar-refractivity contribution in [3.8, 4) is 0 Å². The molecule has 0 amide bonds. The van der Waals surface area contributed by atoms with E-state index in [1.807, 2.05) is 17.0 Å². The molecule has 6 nitrogen and oxygen atoms in total. The fraction of sp³-hybridized carbons (Fsp3) is 0.381. The summed E-state index contributed by atoms with van der Waals surface area (Å²) in [5.74, 6) is 0.548. The van der Waals surface area contributed by atoms with Crippen LogP contribution < -0.4 is 15.9 Å². The third-order valence-corrected chi connectivity index (χ3v) is 7.56. The molecule has 4 heterocycles. The van der Waals surface area contributed by atoms with Crippen LogP contribution in [0.4, 0.5) is 19.0 Å². The van der Waals surface area contributed by atoms with Gasteiger partial charge < -0.3 is 10.2 Å². The first-order chi connectivity index (χ1) is 15.3. The molecule has 5 rings (SSSR count). The van der Waals surface area contributed by atoms with E-state index in [0.29, 0.717) is 42.8 Å². The van der Waals surface area contributed by atoms with Crippen LogP contribution in [0.5, 0.6) is 0 Å². The van der Waals surface area contributed by atoms with Crippen molar-refractivity contribution in [2.24, 2.45) is 0 Å². The highest BCUT2D eigenvalue weighted by Crippen LogP contribution is 2.47. The van der Waals surface area contributed by atoms with E-state index in [1.54, 1.807) is 12.3 Å². The molecule has 1 saturated heterocycles. The molecular weight excluding hydrogens is 463 g/mol. The van der Waals surface area contributed by atoms with Crippen LogP contribution in [-0.4, -0.2) is 46.5 Å². The maximum atomic E-state index is 13.9. The summed E-state index contributed by atoms with van der Waals surface area (Å²) in [5, 5.41) is 3.13. The van der Waals surface area contributed by atoms with Gasteiger partial charge >= 0.3 is 11.9 Å². The summed E-state index contributed by atoms with van der Waals surface area (Å²) in [7, 11) is 0. The number of nitrogens with one attached hydrogen (secondary N) is 1. The van der Waals surface area contributed by atoms with E-state index in [9.17, 15) is 18.0 Å². The molecule has 1 atom stereocenters. The van der Waals surface area contributed by atoms with Crippen molar-refractivity contribution in [1.82, 2.24) is 19.9 Å². The predicted molar refractivity (Wildman–Crippen MR) is 119 cm³/mol. The molecule has 0 radical (unpaired) electrons. The van der Waals surface area contributed by atoms with E-state index in [0.717, 1.165) is 11.8 Å². The third kappa shape index (κ3) is 3.74. The Morgan fingerprint density at radius 2 is 2.00 bits per heavy atom. The van der Waals surface area contributed by atoms with Gasteiger partial charge in [-0.3, -0.25) is 9.55 Å². The number of alkyl halides is 3. The zero-order valence-corrected chi connectivity index (χ0v) is 18.4. The van der Waals surface area contributed by atoms with Crippen LogP contribution in [0.3, 0.4) is 0 Å². The molecule has 2 aliphatic rings. The summed E-state index contributed by atoms with van der Waals surface area (Å²) in [6.07, 6.45) is -2.96. The molecule has 0 unspecified atom stereocenters. The lowest BCUT2D eigenvalue weighted by Gasteiger charge is -2.30. The van der Waals surface area contributed by atoms with Gasteiger partial charge in [0.2, 0.25) is 0 Å². The Morgan fingerprint density at radius 1 is 1.22 bits per heavy atom. The van der Waals surface area contributed by atoms with Gasteiger partial charge in [-0.25, -0.2) is 4.79 Å². The summed E-state index contributed by atoms with van der Waals surface area (Å²) in [4.78, 5) is 23.9. The highest BCUT2D eigenvalue weighted by Gasteiger charge is 2.37. The average molecular weight is 482 g/mol. The summed E-state index contributed by atoms with van der Waals surface area (Å²) in [6, 6.07) is 6.55. The molecule has 1 aromatic carbocycles. The van der Waals surface area contributed by atoms with Gasteiger partial charge in [0, 0.05) is 61.7 Å². The van der Waals surface area contributed by atoms with Crippen LogP contribution in [0.15, 0.2) is 40.2 Å². The number of piperazine rings is 1. The molecule has 0 bridgehead atoms. The summed E-state index contributed by atoms with van der Waals surface area (Å²) < 4.78 is 43.1. The van der Waals surface area contributed by atoms with Crippen LogP contribution in [0.2, 0.25) is 5.02 Å². The number of anilines is 1. The van der Waals surface area contributed by atoms with Crippen molar-refractivity contribution >= 4 is 40.1 Å². The standard InChI is InChI=1S/C21H19ClF3N5OS/c22-16-14(21(23,24)25)9-13-17-18(16)32-11-12(15-3-1-2-4-27-15)10-30(17)20(31)28-19(13)29-7-5-26-6-8-29/h1-4,9,12,26H,5-8,10-11H2/t12-/m0/s1. The normalized spacial score (nSPS) is 19.2. The number of thioether (sulfide) groups is 1. The van der Waals surface area contributed by atoms with Gasteiger partial charge in [0.05, 0.1) is 21.0 Å². The second-order valence-corrected chi connectivity index (χ2v) is 9.20. The number of hydrogen-bond acceptors (Lipinski definition) is 6. The number of aromatic nitrogens is 3. The van der Waals surface area contributed by atoms with Crippen LogP contribution in [0.1, 0.15) is 17.2 Å². The minimum atomic E-state index is -4.63. The van der Waals surface area contributed by atoms with Gasteiger partial charge in [0.1, 0.15) is 5.82 Å². The van der Waals surface area contributed by atoms with Crippen LogP contribution >= 0.6 is 23.4 Å². The summed E-state index contributed by atoms with van der Waals surface area (Å²) in [5.41, 5.74) is -0.216. The first-order valence-corrected chi connectivity index (χ1v) is 11.5. The van der Waals surface area contributed by atoms with Gasteiger partial charge in [-0.05, 0) is 18.2 Å². The molecule has 1 fully saturated rings. The maximum absolute atomic E-state index is 13.9. The van der Waals surface area contributed by atoms with Gasteiger partial charge in [-0.2, -0.15) is 18.2 Å². The molecule has 2 aromatic heterocycles. The number of pyridine rings is 1. The van der Waals surface area contributed by atoms with Gasteiger partial charge in [-0.1, -0.05) is 17.7 Å². The Labute approximate surface area is 190 Å². The van der Waals surface area contributed by atoms with Crippen molar-refractivity contribution in [2.75, 3.05) is 36.8 Å². The molecule has 0 spiro atoms. The third-order valence-electron chi connectivity index (χ3n) is 5.80. The van der Waals surface area contributed by atoms with Gasteiger partial charge in [-0.15, -0.1) is 11.8 Å². The zero-order chi connectivity index (χ0) is 22.5. The second kappa shape index (κ2) is 8.24. The molecule has 3 aromatic rings. The topological polar surface area (TPSA) is 63.1 Å². The molecular formula is C21H19ClF3N5OS. The molecule has 11 heteroatoms. The molecule has 2 aliphatic heterocycles. The summed E-state index contributed by atoms with van der Waals surface area (Å²) in [6.45, 7) is 2.69. The Bertz CT molecular complexity index is 1230. The highest BCUT2D eigenvalue weighted by atomic mass is 35.5. The minimum absolute atomic E-state index is 0.174. The molecule has 32 heavy (non-hydrogen) atoms. The van der Waals surface area contributed by atoms with E-state index in [-0.39, 0.29) is 28.2 Å². The maximum Gasteiger partial charge on any atom is 0.417 e. The van der Waals surface area contributed by atoms with E-state index < -0.39 is 17.4 Å². The van der Waals surface area contributed by atoms with Crippen molar-refractivity contribution in [1.29, 1.82) is 0 Å². The average Bonchev–Trinajstić information content (AvgIpc) is 2.99. The molecule has 0 aliphatic carbocycles. The van der Waals surface area contributed by atoms with Crippen molar-refractivity contribution in [2.45, 2.75) is 23.5 Å². The lowest BCUT2D eigenvalue weighted by Crippen LogP contribution is -2.45. The number of halogens is 4. The van der Waals surface area contributed by atoms with E-state index >= 15 is 0 Å². The van der Waals surface area contributed by atoms with E-state index in [4.69, 9.17) is 11.6 Å². The number of benzene rings is 1. The van der Waals surface area contributed by atoms with Crippen molar-refractivity contribution in [3.05, 3.63) is 57.2 Å². The second-order valence-electron chi connectivity index (χ2n) is 7.79. The molecule has 0 saturated carbocycles. The predicted octanol–water partition coefficient (Wildman–Crippen LogP) is 3.76. The van der Waals surface area contributed by atoms with Crippen LogP contribution in [-0.2, 0) is 12.7 Å². The first kappa shape index (κ1) is 21.5. The Morgan fingerprint density at radius 3 is 2.69 bits per heavy atom.